The smallest absolute Gasteiger partial charge is 0.223 e. The zero-order valence-electron chi connectivity index (χ0n) is 12.3. The number of carbonyl (C=O) groups excluding carboxylic acids is 1. The Balaban J connectivity index is 2.41. The van der Waals surface area contributed by atoms with Crippen molar-refractivity contribution in [2.75, 3.05) is 19.3 Å². The Kier molecular flexibility index (Phi) is 6.38. The van der Waals surface area contributed by atoms with E-state index in [-0.39, 0.29) is 11.9 Å². The monoisotopic (exact) mass is 280 g/mol. The van der Waals surface area contributed by atoms with Gasteiger partial charge in [0.05, 0.1) is 0 Å². The molecule has 1 aromatic carbocycles. The molecule has 0 aliphatic rings. The molecule has 1 atom stereocenters. The van der Waals surface area contributed by atoms with Crippen molar-refractivity contribution in [1.82, 2.24) is 4.90 Å². The van der Waals surface area contributed by atoms with Gasteiger partial charge in [0, 0.05) is 36.7 Å². The summed E-state index contributed by atoms with van der Waals surface area (Å²) in [5, 5.41) is 0. The van der Waals surface area contributed by atoms with Gasteiger partial charge in [-0.3, -0.25) is 4.79 Å². The van der Waals surface area contributed by atoms with Crippen molar-refractivity contribution in [3.63, 3.8) is 0 Å². The summed E-state index contributed by atoms with van der Waals surface area (Å²) in [4.78, 5) is 14.9. The van der Waals surface area contributed by atoms with E-state index in [1.807, 2.05) is 14.0 Å². The minimum atomic E-state index is 0.110. The summed E-state index contributed by atoms with van der Waals surface area (Å²) in [5.41, 5.74) is 8.16. The van der Waals surface area contributed by atoms with Crippen LogP contribution in [0.1, 0.15) is 24.5 Å². The molecule has 4 heteroatoms. The van der Waals surface area contributed by atoms with Crippen molar-refractivity contribution in [2.24, 2.45) is 5.73 Å². The van der Waals surface area contributed by atoms with Gasteiger partial charge in [0.15, 0.2) is 0 Å². The van der Waals surface area contributed by atoms with Gasteiger partial charge >= 0.3 is 0 Å². The van der Waals surface area contributed by atoms with E-state index in [1.54, 1.807) is 16.7 Å². The second-order valence-corrected chi connectivity index (χ2v) is 6.10. The maximum absolute atomic E-state index is 11.9. The Labute approximate surface area is 120 Å². The molecule has 1 unspecified atom stereocenters. The lowest BCUT2D eigenvalue weighted by Gasteiger charge is -2.23. The summed E-state index contributed by atoms with van der Waals surface area (Å²) < 4.78 is 0. The molecule has 2 N–H and O–H groups in total. The fourth-order valence-corrected chi connectivity index (χ4v) is 2.58. The molecule has 0 radical (unpaired) electrons. The van der Waals surface area contributed by atoms with E-state index < -0.39 is 0 Å². The van der Waals surface area contributed by atoms with Gasteiger partial charge in [-0.1, -0.05) is 6.07 Å². The highest BCUT2D eigenvalue weighted by Gasteiger charge is 2.13. The van der Waals surface area contributed by atoms with Crippen LogP contribution in [0.15, 0.2) is 23.1 Å². The molecule has 0 aromatic heterocycles. The number of amides is 1. The standard InChI is InChI=1S/C15H24N2OS/c1-11-5-6-14(9-12(11)2)19-8-7-15(18)17(4)13(3)10-16/h5-6,9,13H,7-8,10,16H2,1-4H3. The van der Waals surface area contributed by atoms with Crippen LogP contribution in [0.5, 0.6) is 0 Å². The van der Waals surface area contributed by atoms with Gasteiger partial charge < -0.3 is 10.6 Å². The number of nitrogens with zero attached hydrogens (tertiary/aromatic N) is 1. The molecule has 1 rings (SSSR count). The Morgan fingerprint density at radius 3 is 2.63 bits per heavy atom. The first kappa shape index (κ1) is 16.1. The molecule has 0 saturated carbocycles. The quantitative estimate of drug-likeness (QED) is 0.815. The Morgan fingerprint density at radius 2 is 2.05 bits per heavy atom. The zero-order chi connectivity index (χ0) is 14.4. The first-order valence-corrected chi connectivity index (χ1v) is 7.60. The molecular weight excluding hydrogens is 256 g/mol. The number of hydrogen-bond donors (Lipinski definition) is 1. The minimum absolute atomic E-state index is 0.110. The highest BCUT2D eigenvalue weighted by Crippen LogP contribution is 2.21. The molecule has 19 heavy (non-hydrogen) atoms. The van der Waals surface area contributed by atoms with Crippen molar-refractivity contribution in [3.05, 3.63) is 29.3 Å². The molecular formula is C15H24N2OS. The maximum Gasteiger partial charge on any atom is 0.223 e. The SMILES string of the molecule is Cc1ccc(SCCC(=O)N(C)C(C)CN)cc1C. The Hall–Kier alpha value is -1.00. The second-order valence-electron chi connectivity index (χ2n) is 4.93. The number of nitrogens with two attached hydrogens (primary N) is 1. The van der Waals surface area contributed by atoms with Crippen LogP contribution < -0.4 is 5.73 Å². The Bertz CT molecular complexity index is 434. The van der Waals surface area contributed by atoms with Gasteiger partial charge in [-0.15, -0.1) is 11.8 Å². The lowest BCUT2D eigenvalue weighted by atomic mass is 10.1. The highest BCUT2D eigenvalue weighted by atomic mass is 32.2. The van der Waals surface area contributed by atoms with Crippen molar-refractivity contribution >= 4 is 17.7 Å². The first-order chi connectivity index (χ1) is 8.95. The second kappa shape index (κ2) is 7.56. The van der Waals surface area contributed by atoms with Crippen LogP contribution in [0.2, 0.25) is 0 Å². The molecule has 0 heterocycles. The molecule has 0 fully saturated rings. The van der Waals surface area contributed by atoms with E-state index >= 15 is 0 Å². The van der Waals surface area contributed by atoms with Gasteiger partial charge in [-0.25, -0.2) is 0 Å². The third kappa shape index (κ3) is 4.88. The number of thioether (sulfide) groups is 1. The molecule has 1 aromatic rings. The van der Waals surface area contributed by atoms with E-state index in [4.69, 9.17) is 5.73 Å². The van der Waals surface area contributed by atoms with Crippen molar-refractivity contribution < 1.29 is 4.79 Å². The van der Waals surface area contributed by atoms with Crippen LogP contribution in [0.4, 0.5) is 0 Å². The number of likely N-dealkylation sites (N-methyl/N-ethyl adjacent to an activating group) is 1. The minimum Gasteiger partial charge on any atom is -0.342 e. The van der Waals surface area contributed by atoms with E-state index in [1.165, 1.54) is 16.0 Å². The van der Waals surface area contributed by atoms with Crippen molar-refractivity contribution in [3.8, 4) is 0 Å². The van der Waals surface area contributed by atoms with Gasteiger partial charge in [0.1, 0.15) is 0 Å². The first-order valence-electron chi connectivity index (χ1n) is 6.61. The molecule has 0 saturated heterocycles. The highest BCUT2D eigenvalue weighted by molar-refractivity contribution is 7.99. The average molecular weight is 280 g/mol. The number of hydrogen-bond acceptors (Lipinski definition) is 3. The summed E-state index contributed by atoms with van der Waals surface area (Å²) in [6, 6.07) is 6.53. The normalized spacial score (nSPS) is 12.3. The van der Waals surface area contributed by atoms with Gasteiger partial charge in [-0.05, 0) is 44.0 Å². The predicted octanol–water partition coefficient (Wildman–Crippen LogP) is 2.59. The fraction of sp³-hybridized carbons (Fsp3) is 0.533. The topological polar surface area (TPSA) is 46.3 Å². The van der Waals surface area contributed by atoms with Crippen LogP contribution in [0, 0.1) is 13.8 Å². The molecule has 0 bridgehead atoms. The third-order valence-corrected chi connectivity index (χ3v) is 4.45. The Morgan fingerprint density at radius 1 is 1.37 bits per heavy atom. The van der Waals surface area contributed by atoms with Crippen molar-refractivity contribution in [1.29, 1.82) is 0 Å². The molecule has 0 spiro atoms. The number of aryl methyl sites for hydroxylation is 2. The number of rotatable bonds is 6. The van der Waals surface area contributed by atoms with E-state index in [0.29, 0.717) is 13.0 Å². The summed E-state index contributed by atoms with van der Waals surface area (Å²) in [6.07, 6.45) is 0.554. The summed E-state index contributed by atoms with van der Waals surface area (Å²) >= 11 is 1.73. The summed E-state index contributed by atoms with van der Waals surface area (Å²) in [6.45, 7) is 6.69. The largest absolute Gasteiger partial charge is 0.342 e. The third-order valence-electron chi connectivity index (χ3n) is 3.46. The van der Waals surface area contributed by atoms with E-state index in [0.717, 1.165) is 5.75 Å². The molecule has 1 amide bonds. The summed E-state index contributed by atoms with van der Waals surface area (Å²) in [7, 11) is 1.82. The van der Waals surface area contributed by atoms with Gasteiger partial charge in [-0.2, -0.15) is 0 Å². The van der Waals surface area contributed by atoms with Gasteiger partial charge in [0.2, 0.25) is 5.91 Å². The lowest BCUT2D eigenvalue weighted by molar-refractivity contribution is -0.131. The number of benzene rings is 1. The fourth-order valence-electron chi connectivity index (χ4n) is 1.64. The van der Waals surface area contributed by atoms with Crippen LogP contribution in [0.3, 0.4) is 0 Å². The van der Waals surface area contributed by atoms with E-state index in [9.17, 15) is 4.79 Å². The van der Waals surface area contributed by atoms with Crippen LogP contribution >= 0.6 is 11.8 Å². The molecule has 3 nitrogen and oxygen atoms in total. The van der Waals surface area contributed by atoms with Crippen molar-refractivity contribution in [2.45, 2.75) is 38.1 Å². The van der Waals surface area contributed by atoms with Gasteiger partial charge in [0.25, 0.3) is 0 Å². The lowest BCUT2D eigenvalue weighted by Crippen LogP contribution is -2.39. The molecule has 0 aliphatic carbocycles. The maximum atomic E-state index is 11.9. The number of carbonyl (C=O) groups is 1. The van der Waals surface area contributed by atoms with Crippen LogP contribution in [0.25, 0.3) is 0 Å². The summed E-state index contributed by atoms with van der Waals surface area (Å²) in [5.74, 6) is 0.970. The van der Waals surface area contributed by atoms with Crippen LogP contribution in [-0.2, 0) is 4.79 Å². The average Bonchev–Trinajstić information content (AvgIpc) is 2.40. The van der Waals surface area contributed by atoms with E-state index in [2.05, 4.69) is 32.0 Å². The zero-order valence-corrected chi connectivity index (χ0v) is 13.1. The van der Waals surface area contributed by atoms with Crippen LogP contribution in [-0.4, -0.2) is 36.2 Å². The predicted molar refractivity (Wildman–Crippen MR) is 82.5 cm³/mol. The molecule has 106 valence electrons. The molecule has 0 aliphatic heterocycles.